The Morgan fingerprint density at radius 3 is 2.57 bits per heavy atom. The van der Waals surface area contributed by atoms with Gasteiger partial charge in [0.1, 0.15) is 5.69 Å². The molecule has 2 rings (SSSR count). The molecule has 0 aliphatic carbocycles. The van der Waals surface area contributed by atoms with Gasteiger partial charge < -0.3 is 0 Å². The average molecular weight is 92.1 g/mol. The molecular weight excluding hydrogens is 88.1 g/mol. The highest BCUT2D eigenvalue weighted by Gasteiger charge is 2.16. The Morgan fingerprint density at radius 1 is 1.43 bits per heavy atom. The molecule has 0 amide bonds. The third-order valence-corrected chi connectivity index (χ3v) is 1.03. The van der Waals surface area contributed by atoms with Crippen LogP contribution in [0.3, 0.4) is 0 Å². The highest BCUT2D eigenvalue weighted by atomic mass is 15.0. The van der Waals surface area contributed by atoms with Crippen LogP contribution in [0, 0.1) is 6.92 Å². The van der Waals surface area contributed by atoms with Gasteiger partial charge in [-0.1, -0.05) is 0 Å². The van der Waals surface area contributed by atoms with Crippen LogP contribution < -0.4 is 0 Å². The molecule has 0 bridgehead atoms. The van der Waals surface area contributed by atoms with Crippen molar-refractivity contribution >= 4 is 0 Å². The molecule has 0 aromatic rings. The Kier molecular flexibility index (Phi) is 0.308. The van der Waals surface area contributed by atoms with Gasteiger partial charge in [-0.15, -0.1) is 0 Å². The summed E-state index contributed by atoms with van der Waals surface area (Å²) in [6, 6.07) is 1.98. The van der Waals surface area contributed by atoms with Crippen LogP contribution in [0.1, 0.15) is 5.69 Å². The molecule has 0 spiro atoms. The van der Waals surface area contributed by atoms with Crippen molar-refractivity contribution in [2.75, 3.05) is 0 Å². The lowest BCUT2D eigenvalue weighted by Gasteiger charge is -1.68. The average Bonchev–Trinajstić information content (AvgIpc) is 2.15. The fourth-order valence-electron chi connectivity index (χ4n) is 0.662. The van der Waals surface area contributed by atoms with Gasteiger partial charge >= 0.3 is 0 Å². The molecule has 0 saturated carbocycles. The van der Waals surface area contributed by atoms with Crippen molar-refractivity contribution in [2.24, 2.45) is 0 Å². The number of aromatic nitrogens is 2. The smallest absolute Gasteiger partial charge is 0.179 e. The lowest BCUT2D eigenvalue weighted by molar-refractivity contribution is 1.25. The standard InChI is InChI=1S/C5H4N2/c1-3-2-4-5(6-3)7-4/h2H,1H3. The van der Waals surface area contributed by atoms with Gasteiger partial charge in [0.15, 0.2) is 5.82 Å². The van der Waals surface area contributed by atoms with Crippen molar-refractivity contribution in [1.82, 2.24) is 9.97 Å². The summed E-state index contributed by atoms with van der Waals surface area (Å²) < 4.78 is 0. The zero-order valence-electron chi connectivity index (χ0n) is 3.97. The monoisotopic (exact) mass is 92.0 g/mol. The first kappa shape index (κ1) is 3.13. The van der Waals surface area contributed by atoms with Gasteiger partial charge in [0.2, 0.25) is 0 Å². The van der Waals surface area contributed by atoms with E-state index in [1.54, 1.807) is 0 Å². The summed E-state index contributed by atoms with van der Waals surface area (Å²) in [5.41, 5.74) is 2.16. The minimum absolute atomic E-state index is 0.942. The number of fused-ring (bicyclic) bond motifs is 1. The van der Waals surface area contributed by atoms with Crippen molar-refractivity contribution in [2.45, 2.75) is 6.92 Å². The van der Waals surface area contributed by atoms with E-state index in [1.807, 2.05) is 13.0 Å². The van der Waals surface area contributed by atoms with Crippen LogP contribution in [0.2, 0.25) is 0 Å². The van der Waals surface area contributed by atoms with E-state index in [4.69, 9.17) is 0 Å². The summed E-state index contributed by atoms with van der Waals surface area (Å²) in [5, 5.41) is 0. The number of hydrogen-bond acceptors (Lipinski definition) is 2. The Hall–Kier alpha value is -0.920. The normalized spacial score (nSPS) is 11.6. The summed E-state index contributed by atoms with van der Waals surface area (Å²) in [5.74, 6) is 0.942. The molecule has 0 fully saturated rings. The Bertz CT molecular complexity index is 197. The van der Waals surface area contributed by atoms with Crippen molar-refractivity contribution < 1.29 is 0 Å². The van der Waals surface area contributed by atoms with Crippen LogP contribution in [0.15, 0.2) is 6.07 Å². The molecule has 2 aliphatic rings. The lowest BCUT2D eigenvalue weighted by atomic mass is 10.5. The predicted molar refractivity (Wildman–Crippen MR) is 25.8 cm³/mol. The number of hydrogen-bond donors (Lipinski definition) is 0. The molecule has 0 saturated heterocycles. The molecule has 2 aliphatic heterocycles. The summed E-state index contributed by atoms with van der Waals surface area (Å²) in [6.45, 7) is 1.97. The number of rotatable bonds is 0. The molecular formula is C5H4N2. The predicted octanol–water partition coefficient (Wildman–Crippen LogP) is 0.765. The maximum absolute atomic E-state index is 4.04. The van der Waals surface area contributed by atoms with Crippen molar-refractivity contribution in [3.05, 3.63) is 11.8 Å². The second-order valence-corrected chi connectivity index (χ2v) is 1.72. The van der Waals surface area contributed by atoms with Crippen LogP contribution >= 0.6 is 0 Å². The van der Waals surface area contributed by atoms with Gasteiger partial charge in [0.05, 0.1) is 0 Å². The summed E-state index contributed by atoms with van der Waals surface area (Å²) in [7, 11) is 0. The highest BCUT2D eigenvalue weighted by molar-refractivity contribution is 5.63. The molecule has 2 heterocycles. The van der Waals surface area contributed by atoms with Gasteiger partial charge in [-0.2, -0.15) is 0 Å². The van der Waals surface area contributed by atoms with E-state index in [2.05, 4.69) is 9.97 Å². The molecule has 7 heavy (non-hydrogen) atoms. The molecule has 34 valence electrons. The van der Waals surface area contributed by atoms with Gasteiger partial charge in [0.25, 0.3) is 0 Å². The molecule has 0 atom stereocenters. The quantitative estimate of drug-likeness (QED) is 0.479. The second kappa shape index (κ2) is 0.689. The lowest BCUT2D eigenvalue weighted by Crippen LogP contribution is -1.63. The molecule has 0 radical (unpaired) electrons. The Labute approximate surface area is 41.2 Å². The van der Waals surface area contributed by atoms with E-state index in [0.717, 1.165) is 17.2 Å². The molecule has 2 heteroatoms. The molecule has 0 aromatic carbocycles. The third-order valence-electron chi connectivity index (χ3n) is 1.03. The summed E-state index contributed by atoms with van der Waals surface area (Å²) in [6.07, 6.45) is 0. The van der Waals surface area contributed by atoms with Crippen LogP contribution in [0.5, 0.6) is 0 Å². The topological polar surface area (TPSA) is 25.8 Å². The Balaban J connectivity index is 2.74. The molecule has 0 unspecified atom stereocenters. The summed E-state index contributed by atoms with van der Waals surface area (Å²) >= 11 is 0. The third kappa shape index (κ3) is 0.282. The van der Waals surface area contributed by atoms with E-state index in [-0.39, 0.29) is 0 Å². The van der Waals surface area contributed by atoms with Crippen molar-refractivity contribution in [1.29, 1.82) is 0 Å². The van der Waals surface area contributed by atoms with Gasteiger partial charge in [0, 0.05) is 5.69 Å². The van der Waals surface area contributed by atoms with Gasteiger partial charge in [-0.05, 0) is 13.0 Å². The van der Waals surface area contributed by atoms with E-state index in [9.17, 15) is 0 Å². The first-order valence-corrected chi connectivity index (χ1v) is 2.22. The minimum atomic E-state index is 0.942. The van der Waals surface area contributed by atoms with Crippen molar-refractivity contribution in [3.63, 3.8) is 0 Å². The SMILES string of the molecule is Cc1cc2nc-2n1. The number of nitrogens with zero attached hydrogens (tertiary/aromatic N) is 2. The molecule has 0 N–H and O–H groups in total. The van der Waals surface area contributed by atoms with E-state index < -0.39 is 0 Å². The maximum atomic E-state index is 4.04. The van der Waals surface area contributed by atoms with Crippen LogP contribution in [-0.4, -0.2) is 9.97 Å². The second-order valence-electron chi connectivity index (χ2n) is 1.72. The van der Waals surface area contributed by atoms with Crippen molar-refractivity contribution in [3.8, 4) is 11.5 Å². The molecule has 2 nitrogen and oxygen atoms in total. The van der Waals surface area contributed by atoms with Crippen LogP contribution in [0.4, 0.5) is 0 Å². The fraction of sp³-hybridized carbons (Fsp3) is 0.200. The van der Waals surface area contributed by atoms with E-state index in [0.29, 0.717) is 0 Å². The minimum Gasteiger partial charge on any atom is -0.232 e. The first-order valence-electron chi connectivity index (χ1n) is 2.22. The highest BCUT2D eigenvalue weighted by Crippen LogP contribution is 2.24. The first-order chi connectivity index (χ1) is 3.36. The number of aryl methyl sites for hydroxylation is 1. The maximum Gasteiger partial charge on any atom is 0.179 e. The fourth-order valence-corrected chi connectivity index (χ4v) is 0.662. The van der Waals surface area contributed by atoms with E-state index >= 15 is 0 Å². The van der Waals surface area contributed by atoms with Crippen LogP contribution in [-0.2, 0) is 0 Å². The van der Waals surface area contributed by atoms with Gasteiger partial charge in [-0.25, -0.2) is 9.97 Å². The van der Waals surface area contributed by atoms with Gasteiger partial charge in [-0.3, -0.25) is 0 Å². The zero-order valence-corrected chi connectivity index (χ0v) is 3.97. The summed E-state index contributed by atoms with van der Waals surface area (Å²) in [4.78, 5) is 7.94. The largest absolute Gasteiger partial charge is 0.232 e. The zero-order chi connectivity index (χ0) is 4.85. The Morgan fingerprint density at radius 2 is 2.29 bits per heavy atom. The molecule has 0 aromatic heterocycles. The van der Waals surface area contributed by atoms with Crippen LogP contribution in [0.25, 0.3) is 11.5 Å². The van der Waals surface area contributed by atoms with E-state index in [1.165, 1.54) is 0 Å².